The number of nitrogens with zero attached hydrogens (tertiary/aromatic N) is 1. The summed E-state index contributed by atoms with van der Waals surface area (Å²) in [6, 6.07) is 59.5. The van der Waals surface area contributed by atoms with E-state index in [1.807, 2.05) is 182 Å². The number of rotatable bonds is 34. The highest BCUT2D eigenvalue weighted by Gasteiger charge is 2.53. The number of aliphatic hydroxyl groups excluding tert-OH is 1. The molecule has 430 valence electrons. The van der Waals surface area contributed by atoms with E-state index in [0.717, 1.165) is 33.4 Å². The molecule has 17 nitrogen and oxygen atoms in total. The molecule has 18 heteroatoms. The molecule has 2 heterocycles. The van der Waals surface area contributed by atoms with Crippen molar-refractivity contribution in [2.24, 2.45) is 5.73 Å². The van der Waals surface area contributed by atoms with Gasteiger partial charge in [0, 0.05) is 13.0 Å². The van der Waals surface area contributed by atoms with Crippen LogP contribution in [0.15, 0.2) is 182 Å². The molecule has 3 N–H and O–H groups in total. The van der Waals surface area contributed by atoms with Gasteiger partial charge < -0.3 is 53.5 Å². The summed E-state index contributed by atoms with van der Waals surface area (Å²) in [5.41, 5.74) is 10.7. The van der Waals surface area contributed by atoms with E-state index in [9.17, 15) is 15.2 Å². The Morgan fingerprint density at radius 2 is 0.840 bits per heavy atom. The lowest BCUT2D eigenvalue weighted by atomic mass is 9.94. The number of nitrogens with two attached hydrogens (primary N) is 1. The average molecular weight is 1130 g/mol. The molecule has 0 radical (unpaired) electrons. The number of phosphoric acid groups is 1. The first-order valence-corrected chi connectivity index (χ1v) is 28.8. The van der Waals surface area contributed by atoms with Crippen LogP contribution in [0.3, 0.4) is 0 Å². The van der Waals surface area contributed by atoms with Crippen LogP contribution in [0.1, 0.15) is 52.6 Å². The Morgan fingerprint density at radius 1 is 0.469 bits per heavy atom. The Hall–Kier alpha value is -6.01. The molecule has 0 spiro atoms. The summed E-state index contributed by atoms with van der Waals surface area (Å²) in [5.74, 6) is -0.447. The molecule has 0 saturated carbocycles. The molecule has 6 aromatic carbocycles. The van der Waals surface area contributed by atoms with Crippen molar-refractivity contribution in [1.82, 2.24) is 0 Å². The molecule has 11 atom stereocenters. The molecule has 0 aromatic heterocycles. The van der Waals surface area contributed by atoms with Gasteiger partial charge in [0.1, 0.15) is 61.0 Å². The van der Waals surface area contributed by atoms with E-state index >= 15 is 4.57 Å². The SMILES string of the molecule is N#CCCOP(=O)(OC[C@@H]1O[C@H](COCc2ccccc2)C(O)[C@H](OCc2ccccc2)[C@H]1OCc1ccccc1)OC1[C@@H](COCc2ccccc2)O[C@@H](COCCCC(N)=O)[C@H](OCc2ccccc2)[C@H]1OCc1ccccc1. The van der Waals surface area contributed by atoms with Gasteiger partial charge in [-0.15, -0.1) is 0 Å². The number of nitriles is 1. The van der Waals surface area contributed by atoms with E-state index in [2.05, 4.69) is 6.07 Å². The van der Waals surface area contributed by atoms with Gasteiger partial charge in [-0.2, -0.15) is 5.26 Å². The zero-order valence-corrected chi connectivity index (χ0v) is 46.2. The maximum atomic E-state index is 15.8. The van der Waals surface area contributed by atoms with Gasteiger partial charge in [0.15, 0.2) is 0 Å². The van der Waals surface area contributed by atoms with Crippen LogP contribution < -0.4 is 5.73 Å². The number of ether oxygens (including phenoxy) is 9. The first-order chi connectivity index (χ1) is 39.7. The fraction of sp³-hybridized carbons (Fsp3) is 0.397. The predicted octanol–water partition coefficient (Wildman–Crippen LogP) is 9.38. The van der Waals surface area contributed by atoms with Crippen LogP contribution in [0.4, 0.5) is 0 Å². The molecule has 0 bridgehead atoms. The third kappa shape index (κ3) is 19.8. The van der Waals surface area contributed by atoms with Crippen molar-refractivity contribution in [1.29, 1.82) is 5.26 Å². The third-order valence-electron chi connectivity index (χ3n) is 13.5. The Labute approximate surface area is 474 Å². The highest BCUT2D eigenvalue weighted by atomic mass is 31.2. The lowest BCUT2D eigenvalue weighted by Gasteiger charge is -2.47. The standard InChI is InChI=1S/C63H73N2O15P/c64-34-20-36-76-81(68,77-46-56-59(72-39-49-25-11-3-12-26-49)62(74-41-51-29-15-5-16-30-51)58(67)53(78-56)43-70-37-47-21-7-1-8-22-47)80-61-55(45-71-38-48-23-9-2-10-24-48)79-54(44-69-35-19-33-57(65)66)60(73-40-50-27-13-4-14-28-50)63(61)75-42-52-31-17-6-18-32-52/h1-18,21-32,53-56,58-63,67H,19-20,33,35-46H2,(H2,65,66)/t53-,54+,55-,56+,58?,59+,60+,61?,62+,63-,81?/m1/s1. The largest absolute Gasteiger partial charge is 0.475 e. The topological polar surface area (TPSA) is 215 Å². The van der Waals surface area contributed by atoms with Crippen LogP contribution in [0.25, 0.3) is 0 Å². The summed E-state index contributed by atoms with van der Waals surface area (Å²) in [5, 5.41) is 22.0. The minimum atomic E-state index is -4.86. The molecule has 2 saturated heterocycles. The summed E-state index contributed by atoms with van der Waals surface area (Å²) in [6.45, 7) is 0.0292. The number of primary amides is 1. The predicted molar refractivity (Wildman–Crippen MR) is 299 cm³/mol. The lowest BCUT2D eigenvalue weighted by molar-refractivity contribution is -0.270. The van der Waals surface area contributed by atoms with E-state index in [0.29, 0.717) is 6.42 Å². The maximum absolute atomic E-state index is 15.8. The monoisotopic (exact) mass is 1130 g/mol. The van der Waals surface area contributed by atoms with Gasteiger partial charge in [0.2, 0.25) is 5.91 Å². The number of hydrogen-bond acceptors (Lipinski definition) is 16. The Bertz CT molecular complexity index is 2790. The number of benzene rings is 6. The number of carbonyl (C=O) groups excluding carboxylic acids is 1. The second kappa shape index (κ2) is 33.2. The van der Waals surface area contributed by atoms with Crippen LogP contribution >= 0.6 is 7.82 Å². The van der Waals surface area contributed by atoms with Crippen molar-refractivity contribution in [2.45, 2.75) is 120 Å². The van der Waals surface area contributed by atoms with Crippen molar-refractivity contribution in [3.05, 3.63) is 215 Å². The van der Waals surface area contributed by atoms with E-state index < -0.39 is 81.4 Å². The maximum Gasteiger partial charge on any atom is 0.475 e. The van der Waals surface area contributed by atoms with Gasteiger partial charge >= 0.3 is 7.82 Å². The van der Waals surface area contributed by atoms with Crippen LogP contribution in [0.2, 0.25) is 0 Å². The van der Waals surface area contributed by atoms with Gasteiger partial charge in [0.25, 0.3) is 0 Å². The minimum absolute atomic E-state index is 0.00285. The molecule has 3 unspecified atom stereocenters. The molecule has 2 aliphatic rings. The summed E-state index contributed by atoms with van der Waals surface area (Å²) in [6.07, 6.45) is -10.2. The number of phosphoric ester groups is 1. The number of hydrogen-bond donors (Lipinski definition) is 2. The molecule has 8 rings (SSSR count). The molecule has 81 heavy (non-hydrogen) atoms. The van der Waals surface area contributed by atoms with Crippen LogP contribution in [-0.2, 0) is 105 Å². The summed E-state index contributed by atoms with van der Waals surface area (Å²) >= 11 is 0. The van der Waals surface area contributed by atoms with Crippen molar-refractivity contribution in [3.63, 3.8) is 0 Å². The fourth-order valence-electron chi connectivity index (χ4n) is 9.41. The lowest BCUT2D eigenvalue weighted by Crippen LogP contribution is -2.62. The minimum Gasteiger partial charge on any atom is -0.387 e. The molecule has 1 amide bonds. The van der Waals surface area contributed by atoms with Crippen molar-refractivity contribution >= 4 is 13.7 Å². The molecule has 2 aliphatic heterocycles. The van der Waals surface area contributed by atoms with Gasteiger partial charge in [-0.1, -0.05) is 182 Å². The summed E-state index contributed by atoms with van der Waals surface area (Å²) < 4.78 is 94.5. The first kappa shape index (κ1) is 61.1. The number of carbonyl (C=O) groups is 1. The van der Waals surface area contributed by atoms with E-state index in [1.54, 1.807) is 0 Å². The van der Waals surface area contributed by atoms with Crippen molar-refractivity contribution in [3.8, 4) is 6.07 Å². The highest BCUT2D eigenvalue weighted by Crippen LogP contribution is 2.53. The first-order valence-electron chi connectivity index (χ1n) is 27.4. The zero-order chi connectivity index (χ0) is 56.3. The van der Waals surface area contributed by atoms with Crippen LogP contribution in [0.5, 0.6) is 0 Å². The number of aliphatic hydroxyl groups is 1. The molecule has 2 fully saturated rings. The van der Waals surface area contributed by atoms with Gasteiger partial charge in [-0.05, 0) is 39.8 Å². The average Bonchev–Trinajstić information content (AvgIpc) is 3.67. The fourth-order valence-corrected chi connectivity index (χ4v) is 10.8. The van der Waals surface area contributed by atoms with E-state index in [4.69, 9.17) is 61.9 Å². The van der Waals surface area contributed by atoms with Crippen molar-refractivity contribution < 1.29 is 70.7 Å². The zero-order valence-electron chi connectivity index (χ0n) is 45.3. The molecular weight excluding hydrogens is 1060 g/mol. The molecule has 0 aliphatic carbocycles. The van der Waals surface area contributed by atoms with Crippen LogP contribution in [-0.4, -0.2) is 112 Å². The second-order valence-corrected chi connectivity index (χ2v) is 21.3. The van der Waals surface area contributed by atoms with Gasteiger partial charge in [0.05, 0.1) is 85.2 Å². The Balaban J connectivity index is 1.14. The normalized spacial score (nSPS) is 23.5. The van der Waals surface area contributed by atoms with E-state index in [1.165, 1.54) is 0 Å². The Kier molecular flexibility index (Phi) is 25.0. The van der Waals surface area contributed by atoms with E-state index in [-0.39, 0.29) is 85.5 Å². The summed E-state index contributed by atoms with van der Waals surface area (Å²) in [7, 11) is -4.86. The third-order valence-corrected chi connectivity index (χ3v) is 15.0. The Morgan fingerprint density at radius 3 is 1.30 bits per heavy atom. The summed E-state index contributed by atoms with van der Waals surface area (Å²) in [4.78, 5) is 11.7. The van der Waals surface area contributed by atoms with Gasteiger partial charge in [-0.3, -0.25) is 18.4 Å². The second-order valence-electron chi connectivity index (χ2n) is 19.7. The number of amides is 1. The quantitative estimate of drug-likeness (QED) is 0.0284. The van der Waals surface area contributed by atoms with Crippen molar-refractivity contribution in [2.75, 3.05) is 39.6 Å². The smallest absolute Gasteiger partial charge is 0.387 e. The van der Waals surface area contributed by atoms with Gasteiger partial charge in [-0.25, -0.2) is 4.57 Å². The highest BCUT2D eigenvalue weighted by molar-refractivity contribution is 7.48. The molecular formula is C63H73N2O15P. The molecule has 6 aromatic rings. The van der Waals surface area contributed by atoms with Crippen LogP contribution in [0, 0.1) is 11.3 Å².